The average molecular weight is 172 g/mol. The highest BCUT2D eigenvalue weighted by Crippen LogP contribution is 2.05. The maximum atomic E-state index is 10.8. The molecule has 0 saturated carbocycles. The quantitative estimate of drug-likeness (QED) is 0.641. The highest BCUT2D eigenvalue weighted by Gasteiger charge is 2.15. The molecule has 0 unspecified atom stereocenters. The Morgan fingerprint density at radius 2 is 1.75 bits per heavy atom. The van der Waals surface area contributed by atoms with Crippen molar-refractivity contribution >= 4 is 5.91 Å². The molecule has 1 saturated heterocycles. The summed E-state index contributed by atoms with van der Waals surface area (Å²) in [6.07, 6.45) is 3.54. The van der Waals surface area contributed by atoms with Gasteiger partial charge in [-0.15, -0.1) is 0 Å². The Hall–Kier alpha value is -0.570. The van der Waals surface area contributed by atoms with Gasteiger partial charge in [-0.1, -0.05) is 20.3 Å². The lowest BCUT2D eigenvalue weighted by molar-refractivity contribution is -0.128. The van der Waals surface area contributed by atoms with Gasteiger partial charge in [0.1, 0.15) is 0 Å². The molecule has 0 bridgehead atoms. The third kappa shape index (κ3) is 4.34. The number of hydrogen-bond donors (Lipinski definition) is 1. The van der Waals surface area contributed by atoms with Gasteiger partial charge in [0, 0.05) is 13.1 Å². The van der Waals surface area contributed by atoms with Crippen molar-refractivity contribution in [2.24, 2.45) is 5.73 Å². The molecule has 3 nitrogen and oxygen atoms in total. The van der Waals surface area contributed by atoms with Crippen LogP contribution in [0.1, 0.15) is 33.1 Å². The van der Waals surface area contributed by atoms with Crippen molar-refractivity contribution < 1.29 is 4.79 Å². The van der Waals surface area contributed by atoms with Gasteiger partial charge in [-0.25, -0.2) is 0 Å². The maximum absolute atomic E-state index is 10.8. The first-order chi connectivity index (χ1) is 5.76. The summed E-state index contributed by atoms with van der Waals surface area (Å²) in [5.74, 6) is 0.0903. The Bertz CT molecular complexity index is 120. The first-order valence-electron chi connectivity index (χ1n) is 4.74. The number of hydrogen-bond acceptors (Lipinski definition) is 2. The molecule has 0 aromatic rings. The second-order valence-electron chi connectivity index (χ2n) is 3.00. The van der Waals surface area contributed by atoms with E-state index in [1.807, 2.05) is 4.90 Å². The van der Waals surface area contributed by atoms with Gasteiger partial charge >= 0.3 is 0 Å². The number of carbonyl (C=O) groups is 1. The SMILES string of the molecule is CCC.NCC(=O)N1CCCC1. The van der Waals surface area contributed by atoms with E-state index in [-0.39, 0.29) is 12.5 Å². The van der Waals surface area contributed by atoms with Crippen molar-refractivity contribution in [2.75, 3.05) is 19.6 Å². The third-order valence-corrected chi connectivity index (χ3v) is 1.63. The molecule has 1 heterocycles. The lowest BCUT2D eigenvalue weighted by Gasteiger charge is -2.12. The Kier molecular flexibility index (Phi) is 6.76. The summed E-state index contributed by atoms with van der Waals surface area (Å²) in [5, 5.41) is 0. The van der Waals surface area contributed by atoms with Crippen molar-refractivity contribution in [1.82, 2.24) is 4.90 Å². The van der Waals surface area contributed by atoms with E-state index in [9.17, 15) is 4.79 Å². The minimum absolute atomic E-state index is 0.0903. The molecule has 0 radical (unpaired) electrons. The summed E-state index contributed by atoms with van der Waals surface area (Å²) >= 11 is 0. The van der Waals surface area contributed by atoms with Crippen LogP contribution in [0.3, 0.4) is 0 Å². The molecule has 72 valence electrons. The summed E-state index contributed by atoms with van der Waals surface area (Å²) in [5.41, 5.74) is 5.16. The van der Waals surface area contributed by atoms with Crippen LogP contribution in [0.5, 0.6) is 0 Å². The molecule has 1 aliphatic rings. The van der Waals surface area contributed by atoms with E-state index in [0.29, 0.717) is 0 Å². The zero-order valence-corrected chi connectivity index (χ0v) is 8.18. The molecule has 1 amide bonds. The fourth-order valence-electron chi connectivity index (χ4n) is 1.10. The number of amides is 1. The van der Waals surface area contributed by atoms with Gasteiger partial charge in [0.05, 0.1) is 6.54 Å². The zero-order chi connectivity index (χ0) is 9.40. The molecule has 1 fully saturated rings. The molecule has 0 aromatic heterocycles. The number of carbonyl (C=O) groups excluding carboxylic acids is 1. The second kappa shape index (κ2) is 7.10. The average Bonchev–Trinajstić information content (AvgIpc) is 2.56. The predicted molar refractivity (Wildman–Crippen MR) is 50.8 cm³/mol. The van der Waals surface area contributed by atoms with Crippen molar-refractivity contribution in [3.8, 4) is 0 Å². The topological polar surface area (TPSA) is 46.3 Å². The minimum atomic E-state index is 0.0903. The molecular weight excluding hydrogens is 152 g/mol. The summed E-state index contributed by atoms with van der Waals surface area (Å²) in [4.78, 5) is 12.6. The van der Waals surface area contributed by atoms with Crippen LogP contribution < -0.4 is 5.73 Å². The first-order valence-corrected chi connectivity index (χ1v) is 4.74. The van der Waals surface area contributed by atoms with Crippen LogP contribution in [0, 0.1) is 0 Å². The van der Waals surface area contributed by atoms with Crippen LogP contribution in [0.15, 0.2) is 0 Å². The van der Waals surface area contributed by atoms with E-state index in [1.165, 1.54) is 6.42 Å². The van der Waals surface area contributed by atoms with Gasteiger partial charge < -0.3 is 10.6 Å². The molecule has 3 heteroatoms. The molecule has 1 rings (SSSR count). The molecular formula is C9H20N2O. The Morgan fingerprint density at radius 3 is 2.08 bits per heavy atom. The zero-order valence-electron chi connectivity index (χ0n) is 8.18. The van der Waals surface area contributed by atoms with Gasteiger partial charge in [0.15, 0.2) is 0 Å². The van der Waals surface area contributed by atoms with E-state index in [4.69, 9.17) is 5.73 Å². The summed E-state index contributed by atoms with van der Waals surface area (Å²) < 4.78 is 0. The molecule has 12 heavy (non-hydrogen) atoms. The van der Waals surface area contributed by atoms with Gasteiger partial charge in [-0.05, 0) is 12.8 Å². The predicted octanol–water partition coefficient (Wildman–Crippen LogP) is 0.984. The Morgan fingerprint density at radius 1 is 1.33 bits per heavy atom. The van der Waals surface area contributed by atoms with E-state index in [2.05, 4.69) is 13.8 Å². The van der Waals surface area contributed by atoms with Crippen LogP contribution in [0.2, 0.25) is 0 Å². The first kappa shape index (κ1) is 11.4. The van der Waals surface area contributed by atoms with Crippen LogP contribution in [-0.2, 0) is 4.79 Å². The third-order valence-electron chi connectivity index (χ3n) is 1.63. The van der Waals surface area contributed by atoms with E-state index in [1.54, 1.807) is 0 Å². The maximum Gasteiger partial charge on any atom is 0.236 e. The van der Waals surface area contributed by atoms with Crippen LogP contribution in [0.25, 0.3) is 0 Å². The highest BCUT2D eigenvalue weighted by atomic mass is 16.2. The van der Waals surface area contributed by atoms with E-state index >= 15 is 0 Å². The summed E-state index contributed by atoms with van der Waals surface area (Å²) in [6, 6.07) is 0. The Balaban J connectivity index is 0.000000354. The van der Waals surface area contributed by atoms with Crippen molar-refractivity contribution in [2.45, 2.75) is 33.1 Å². The second-order valence-corrected chi connectivity index (χ2v) is 3.00. The van der Waals surface area contributed by atoms with Gasteiger partial charge in [0.2, 0.25) is 5.91 Å². The normalized spacial score (nSPS) is 15.4. The van der Waals surface area contributed by atoms with Crippen molar-refractivity contribution in [3.05, 3.63) is 0 Å². The van der Waals surface area contributed by atoms with Crippen molar-refractivity contribution in [1.29, 1.82) is 0 Å². The number of rotatable bonds is 1. The van der Waals surface area contributed by atoms with Gasteiger partial charge in [-0.3, -0.25) is 4.79 Å². The Labute approximate surface area is 74.9 Å². The van der Waals surface area contributed by atoms with Crippen molar-refractivity contribution in [3.63, 3.8) is 0 Å². The van der Waals surface area contributed by atoms with Crippen LogP contribution in [0.4, 0.5) is 0 Å². The lowest BCUT2D eigenvalue weighted by Crippen LogP contribution is -2.33. The monoisotopic (exact) mass is 172 g/mol. The fraction of sp³-hybridized carbons (Fsp3) is 0.889. The van der Waals surface area contributed by atoms with Gasteiger partial charge in [0.25, 0.3) is 0 Å². The van der Waals surface area contributed by atoms with E-state index in [0.717, 1.165) is 25.9 Å². The molecule has 0 aromatic carbocycles. The van der Waals surface area contributed by atoms with Gasteiger partial charge in [-0.2, -0.15) is 0 Å². The number of nitrogens with two attached hydrogens (primary N) is 1. The summed E-state index contributed by atoms with van der Waals surface area (Å²) in [6.45, 7) is 6.24. The molecule has 1 aliphatic heterocycles. The molecule has 0 spiro atoms. The highest BCUT2D eigenvalue weighted by molar-refractivity contribution is 5.78. The number of likely N-dealkylation sites (tertiary alicyclic amines) is 1. The molecule has 0 atom stereocenters. The molecule has 0 aliphatic carbocycles. The minimum Gasteiger partial charge on any atom is -0.342 e. The lowest BCUT2D eigenvalue weighted by atomic mass is 10.4. The fourth-order valence-corrected chi connectivity index (χ4v) is 1.10. The van der Waals surface area contributed by atoms with Crippen LogP contribution in [-0.4, -0.2) is 30.4 Å². The van der Waals surface area contributed by atoms with E-state index < -0.39 is 0 Å². The molecule has 2 N–H and O–H groups in total. The largest absolute Gasteiger partial charge is 0.342 e. The number of nitrogens with zero attached hydrogens (tertiary/aromatic N) is 1. The smallest absolute Gasteiger partial charge is 0.236 e. The van der Waals surface area contributed by atoms with Crippen LogP contribution >= 0.6 is 0 Å². The standard InChI is InChI=1S/C6H12N2O.C3H8/c7-5-6(9)8-3-1-2-4-8;1-3-2/h1-5,7H2;3H2,1-2H3. The summed E-state index contributed by atoms with van der Waals surface area (Å²) in [7, 11) is 0.